The smallest absolute Gasteiger partial charge is 0.240 e. The number of nitrogens with two attached hydrogens (primary N) is 2. The number of carbonyl (C=O) groups excluding carboxylic acids is 2. The van der Waals surface area contributed by atoms with E-state index < -0.39 is 11.9 Å². The van der Waals surface area contributed by atoms with Crippen molar-refractivity contribution in [1.82, 2.24) is 5.32 Å². The van der Waals surface area contributed by atoms with Crippen LogP contribution in [0.5, 0.6) is 0 Å². The topological polar surface area (TPSA) is 98.2 Å². The third kappa shape index (κ3) is 5.31. The van der Waals surface area contributed by atoms with Crippen molar-refractivity contribution in [2.24, 2.45) is 17.4 Å². The van der Waals surface area contributed by atoms with Gasteiger partial charge in [0.1, 0.15) is 6.04 Å². The molecule has 2 amide bonds. The lowest BCUT2D eigenvalue weighted by Gasteiger charge is -2.19. The van der Waals surface area contributed by atoms with Crippen molar-refractivity contribution in [1.29, 1.82) is 0 Å². The number of hydrogen-bond acceptors (Lipinski definition) is 3. The van der Waals surface area contributed by atoms with E-state index in [0.29, 0.717) is 12.8 Å². The zero-order valence-corrected chi connectivity index (χ0v) is 13.4. The second kappa shape index (κ2) is 8.76. The van der Waals surface area contributed by atoms with Crippen molar-refractivity contribution >= 4 is 24.2 Å². The van der Waals surface area contributed by atoms with Gasteiger partial charge in [0.25, 0.3) is 0 Å². The predicted molar refractivity (Wildman–Crippen MR) is 88.5 cm³/mol. The first-order valence-corrected chi connectivity index (χ1v) is 7.44. The Morgan fingerprint density at radius 2 is 1.91 bits per heavy atom. The number of nitrogens with one attached hydrogen (secondary N) is 1. The van der Waals surface area contributed by atoms with Gasteiger partial charge in [0.05, 0.1) is 0 Å². The largest absolute Gasteiger partial charge is 0.368 e. The minimum absolute atomic E-state index is 0. The van der Waals surface area contributed by atoms with Crippen LogP contribution in [0.15, 0.2) is 30.3 Å². The van der Waals surface area contributed by atoms with Crippen LogP contribution in [0, 0.1) is 5.92 Å². The van der Waals surface area contributed by atoms with Crippen LogP contribution in [-0.4, -0.2) is 23.9 Å². The lowest BCUT2D eigenvalue weighted by atomic mass is 9.99. The summed E-state index contributed by atoms with van der Waals surface area (Å²) in [7, 11) is 0. The van der Waals surface area contributed by atoms with Gasteiger partial charge in [-0.15, -0.1) is 12.4 Å². The first-order valence-electron chi connectivity index (χ1n) is 7.44. The molecule has 0 aromatic heterocycles. The number of hydrogen-bond donors (Lipinski definition) is 3. The number of halogens is 1. The molecule has 1 unspecified atom stereocenters. The monoisotopic (exact) mass is 325 g/mol. The van der Waals surface area contributed by atoms with Crippen molar-refractivity contribution in [3.8, 4) is 0 Å². The van der Waals surface area contributed by atoms with Crippen molar-refractivity contribution in [3.63, 3.8) is 0 Å². The summed E-state index contributed by atoms with van der Waals surface area (Å²) >= 11 is 0. The fourth-order valence-corrected chi connectivity index (χ4v) is 2.88. The van der Waals surface area contributed by atoms with Crippen LogP contribution in [0.3, 0.4) is 0 Å². The Hall–Kier alpha value is -1.59. The molecular formula is C16H24ClN3O2. The number of rotatable bonds is 6. The average Bonchev–Trinajstić information content (AvgIpc) is 2.84. The number of primary amides is 1. The molecule has 5 nitrogen and oxygen atoms in total. The van der Waals surface area contributed by atoms with Gasteiger partial charge in [0.2, 0.25) is 11.8 Å². The average molecular weight is 326 g/mol. The van der Waals surface area contributed by atoms with Crippen molar-refractivity contribution in [3.05, 3.63) is 35.9 Å². The molecule has 3 atom stereocenters. The molecule has 2 rings (SSSR count). The van der Waals surface area contributed by atoms with E-state index in [1.807, 2.05) is 30.3 Å². The third-order valence-corrected chi connectivity index (χ3v) is 4.13. The van der Waals surface area contributed by atoms with E-state index in [1.54, 1.807) is 0 Å². The van der Waals surface area contributed by atoms with E-state index in [9.17, 15) is 9.59 Å². The van der Waals surface area contributed by atoms with Gasteiger partial charge in [-0.25, -0.2) is 0 Å². The maximum absolute atomic E-state index is 12.1. The van der Waals surface area contributed by atoms with Gasteiger partial charge in [-0.05, 0) is 24.3 Å². The van der Waals surface area contributed by atoms with Gasteiger partial charge in [0.15, 0.2) is 0 Å². The summed E-state index contributed by atoms with van der Waals surface area (Å²) in [5.41, 5.74) is 12.3. The minimum Gasteiger partial charge on any atom is -0.368 e. The molecule has 22 heavy (non-hydrogen) atoms. The van der Waals surface area contributed by atoms with E-state index in [-0.39, 0.29) is 30.3 Å². The second-order valence-corrected chi connectivity index (χ2v) is 5.77. The summed E-state index contributed by atoms with van der Waals surface area (Å²) < 4.78 is 0. The van der Waals surface area contributed by atoms with Gasteiger partial charge >= 0.3 is 0 Å². The van der Waals surface area contributed by atoms with Crippen molar-refractivity contribution < 1.29 is 9.59 Å². The number of carbonyl (C=O) groups is 2. The SMILES string of the molecule is Cl.NC(=O)C(Cc1ccccc1)NC(=O)C[C@@H]1CCC[C@H]1N. The molecule has 122 valence electrons. The van der Waals surface area contributed by atoms with Gasteiger partial charge in [0, 0.05) is 18.9 Å². The summed E-state index contributed by atoms with van der Waals surface area (Å²) in [6.45, 7) is 0. The van der Waals surface area contributed by atoms with Crippen LogP contribution in [0.1, 0.15) is 31.2 Å². The molecule has 1 aliphatic carbocycles. The Kier molecular flexibility index (Phi) is 7.35. The lowest BCUT2D eigenvalue weighted by Crippen LogP contribution is -2.46. The van der Waals surface area contributed by atoms with E-state index >= 15 is 0 Å². The third-order valence-electron chi connectivity index (χ3n) is 4.13. The molecule has 0 aliphatic heterocycles. The van der Waals surface area contributed by atoms with Crippen LogP contribution in [-0.2, 0) is 16.0 Å². The normalized spacial score (nSPS) is 21.7. The lowest BCUT2D eigenvalue weighted by molar-refractivity contribution is -0.127. The standard InChI is InChI=1S/C16H23N3O2.ClH/c17-13-8-4-7-12(13)10-15(20)19-14(16(18)21)9-11-5-2-1-3-6-11;/h1-3,5-6,12-14H,4,7-10,17H2,(H2,18,21)(H,19,20);1H/t12-,13+,14?;/m0./s1. The quantitative estimate of drug-likeness (QED) is 0.731. The van der Waals surface area contributed by atoms with Crippen LogP contribution < -0.4 is 16.8 Å². The van der Waals surface area contributed by atoms with Crippen molar-refractivity contribution in [2.45, 2.75) is 44.2 Å². The maximum Gasteiger partial charge on any atom is 0.240 e. The van der Waals surface area contributed by atoms with Gasteiger partial charge < -0.3 is 16.8 Å². The molecule has 6 heteroatoms. The zero-order valence-electron chi connectivity index (χ0n) is 12.5. The van der Waals surface area contributed by atoms with Gasteiger partial charge in [-0.1, -0.05) is 36.8 Å². The maximum atomic E-state index is 12.1. The van der Waals surface area contributed by atoms with Gasteiger partial charge in [-0.3, -0.25) is 9.59 Å². The highest BCUT2D eigenvalue weighted by molar-refractivity contribution is 5.87. The Bertz CT molecular complexity index is 495. The molecule has 0 radical (unpaired) electrons. The molecule has 1 aromatic rings. The fraction of sp³-hybridized carbons (Fsp3) is 0.500. The Labute approximate surface area is 137 Å². The molecule has 1 aromatic carbocycles. The molecular weight excluding hydrogens is 302 g/mol. The van der Waals surface area contributed by atoms with Gasteiger partial charge in [-0.2, -0.15) is 0 Å². The molecule has 0 spiro atoms. The first kappa shape index (κ1) is 18.5. The molecule has 1 fully saturated rings. The number of amides is 2. The molecule has 1 saturated carbocycles. The fourth-order valence-electron chi connectivity index (χ4n) is 2.88. The van der Waals surface area contributed by atoms with E-state index in [2.05, 4.69) is 5.32 Å². The summed E-state index contributed by atoms with van der Waals surface area (Å²) in [5.74, 6) is -0.435. The first-order chi connectivity index (χ1) is 10.1. The Morgan fingerprint density at radius 3 is 2.45 bits per heavy atom. The zero-order chi connectivity index (χ0) is 15.2. The van der Waals surface area contributed by atoms with E-state index in [4.69, 9.17) is 11.5 Å². The Morgan fingerprint density at radius 1 is 1.23 bits per heavy atom. The molecule has 0 saturated heterocycles. The summed E-state index contributed by atoms with van der Waals surface area (Å²) in [6.07, 6.45) is 3.82. The minimum atomic E-state index is -0.669. The van der Waals surface area contributed by atoms with Crippen LogP contribution in [0.4, 0.5) is 0 Å². The highest BCUT2D eigenvalue weighted by Crippen LogP contribution is 2.26. The van der Waals surface area contributed by atoms with Crippen LogP contribution in [0.25, 0.3) is 0 Å². The molecule has 5 N–H and O–H groups in total. The summed E-state index contributed by atoms with van der Waals surface area (Å²) in [4.78, 5) is 23.6. The highest BCUT2D eigenvalue weighted by atomic mass is 35.5. The van der Waals surface area contributed by atoms with E-state index in [0.717, 1.165) is 24.8 Å². The molecule has 0 bridgehead atoms. The summed E-state index contributed by atoms with van der Waals surface area (Å²) in [5, 5.41) is 2.74. The predicted octanol–water partition coefficient (Wildman–Crippen LogP) is 1.14. The van der Waals surface area contributed by atoms with Crippen LogP contribution >= 0.6 is 12.4 Å². The van der Waals surface area contributed by atoms with Crippen LogP contribution in [0.2, 0.25) is 0 Å². The second-order valence-electron chi connectivity index (χ2n) is 5.77. The molecule has 1 aliphatic rings. The van der Waals surface area contributed by atoms with Crippen molar-refractivity contribution in [2.75, 3.05) is 0 Å². The summed E-state index contributed by atoms with van der Waals surface area (Å²) in [6, 6.07) is 8.95. The highest BCUT2D eigenvalue weighted by Gasteiger charge is 2.27. The number of benzene rings is 1. The molecule has 0 heterocycles. The Balaban J connectivity index is 0.00000242. The van der Waals surface area contributed by atoms with E-state index in [1.165, 1.54) is 0 Å².